The molecule has 2 fully saturated rings. The van der Waals surface area contributed by atoms with Crippen LogP contribution in [0.5, 0.6) is 0 Å². The summed E-state index contributed by atoms with van der Waals surface area (Å²) < 4.78 is 12.3. The second-order valence-electron chi connectivity index (χ2n) is 7.61. The number of amides is 1. The van der Waals surface area contributed by atoms with Crippen LogP contribution in [0.3, 0.4) is 0 Å². The van der Waals surface area contributed by atoms with Crippen molar-refractivity contribution in [2.24, 2.45) is 10.9 Å². The van der Waals surface area contributed by atoms with Crippen LogP contribution >= 0.6 is 24.0 Å². The molecule has 0 bridgehead atoms. The summed E-state index contributed by atoms with van der Waals surface area (Å²) in [6, 6.07) is 10.2. The Hall–Kier alpha value is -1.16. The van der Waals surface area contributed by atoms with Gasteiger partial charge in [0.05, 0.1) is 17.3 Å². The number of hydrogen-bond acceptors (Lipinski definition) is 3. The first kappa shape index (κ1) is 24.1. The zero-order chi connectivity index (χ0) is 19.8. The molecule has 162 valence electrons. The Morgan fingerprint density at radius 1 is 1.10 bits per heavy atom. The number of halogens is 1. The van der Waals surface area contributed by atoms with Crippen molar-refractivity contribution in [2.75, 3.05) is 18.8 Å². The molecule has 1 aromatic rings. The summed E-state index contributed by atoms with van der Waals surface area (Å²) in [5.74, 6) is 1.56. The second-order valence-corrected chi connectivity index (χ2v) is 9.18. The van der Waals surface area contributed by atoms with Crippen molar-refractivity contribution in [3.05, 3.63) is 30.3 Å². The SMILES string of the molecule is CCNC(=NCCS(=O)c1ccccc1)NC1CCCC(C(=O)NC2CC2)C1.I. The third kappa shape index (κ3) is 8.24. The molecule has 2 aliphatic carbocycles. The molecule has 1 amide bonds. The van der Waals surface area contributed by atoms with E-state index in [1.54, 1.807) is 0 Å². The number of benzene rings is 1. The molecule has 3 atom stereocenters. The normalized spacial score (nSPS) is 22.9. The number of hydrogen-bond donors (Lipinski definition) is 3. The van der Waals surface area contributed by atoms with Crippen molar-refractivity contribution in [3.8, 4) is 0 Å². The van der Waals surface area contributed by atoms with Gasteiger partial charge in [-0.05, 0) is 51.2 Å². The molecule has 3 rings (SSSR count). The lowest BCUT2D eigenvalue weighted by Gasteiger charge is -2.30. The van der Waals surface area contributed by atoms with E-state index in [0.29, 0.717) is 18.3 Å². The molecular formula is C21H33IN4O2S. The molecule has 0 saturated heterocycles. The molecule has 2 aliphatic rings. The lowest BCUT2D eigenvalue weighted by molar-refractivity contribution is -0.126. The Morgan fingerprint density at radius 2 is 1.86 bits per heavy atom. The molecule has 29 heavy (non-hydrogen) atoms. The highest BCUT2D eigenvalue weighted by atomic mass is 127. The highest BCUT2D eigenvalue weighted by Gasteiger charge is 2.31. The van der Waals surface area contributed by atoms with E-state index in [1.165, 1.54) is 0 Å². The average molecular weight is 532 g/mol. The Balaban J connectivity index is 0.00000300. The van der Waals surface area contributed by atoms with E-state index in [2.05, 4.69) is 20.9 Å². The van der Waals surface area contributed by atoms with Crippen molar-refractivity contribution in [2.45, 2.75) is 62.4 Å². The summed E-state index contributed by atoms with van der Waals surface area (Å²) in [6.45, 7) is 3.30. The van der Waals surface area contributed by atoms with Crippen LogP contribution in [0.15, 0.2) is 40.2 Å². The Labute approximate surface area is 193 Å². The van der Waals surface area contributed by atoms with Crippen LogP contribution in [0.2, 0.25) is 0 Å². The average Bonchev–Trinajstić information content (AvgIpc) is 3.53. The standard InChI is InChI=1S/C21H32N4O2S.HI/c1-2-22-21(23-13-14-28(27)19-9-4-3-5-10-19)25-18-8-6-7-16(15-18)20(26)24-17-11-12-17;/h3-5,9-10,16-18H,2,6-8,11-15H2,1H3,(H,24,26)(H2,22,23,25);1H. The van der Waals surface area contributed by atoms with Crippen molar-refractivity contribution >= 4 is 46.6 Å². The van der Waals surface area contributed by atoms with Gasteiger partial charge in [0.15, 0.2) is 5.96 Å². The summed E-state index contributed by atoms with van der Waals surface area (Å²) in [4.78, 5) is 17.8. The van der Waals surface area contributed by atoms with Crippen LogP contribution < -0.4 is 16.0 Å². The van der Waals surface area contributed by atoms with E-state index < -0.39 is 10.8 Å². The number of carbonyl (C=O) groups is 1. The Kier molecular flexibility index (Phi) is 10.4. The quantitative estimate of drug-likeness (QED) is 0.273. The van der Waals surface area contributed by atoms with Crippen molar-refractivity contribution in [1.29, 1.82) is 0 Å². The molecule has 1 aromatic carbocycles. The predicted molar refractivity (Wildman–Crippen MR) is 129 cm³/mol. The smallest absolute Gasteiger partial charge is 0.223 e. The minimum Gasteiger partial charge on any atom is -0.357 e. The summed E-state index contributed by atoms with van der Waals surface area (Å²) >= 11 is 0. The molecule has 3 unspecified atom stereocenters. The van der Waals surface area contributed by atoms with E-state index in [4.69, 9.17) is 0 Å². The minimum atomic E-state index is -1.04. The van der Waals surface area contributed by atoms with E-state index in [1.807, 2.05) is 37.3 Å². The lowest BCUT2D eigenvalue weighted by Crippen LogP contribution is -2.47. The third-order valence-corrected chi connectivity index (χ3v) is 6.56. The maximum atomic E-state index is 12.4. The number of nitrogens with zero attached hydrogens (tertiary/aromatic N) is 1. The molecule has 3 N–H and O–H groups in total. The van der Waals surface area contributed by atoms with Crippen molar-refractivity contribution in [1.82, 2.24) is 16.0 Å². The monoisotopic (exact) mass is 532 g/mol. The molecule has 0 radical (unpaired) electrons. The first-order chi connectivity index (χ1) is 13.7. The fourth-order valence-corrected chi connectivity index (χ4v) is 4.50. The van der Waals surface area contributed by atoms with Gasteiger partial charge in [-0.3, -0.25) is 14.0 Å². The van der Waals surface area contributed by atoms with Crippen LogP contribution in [0.25, 0.3) is 0 Å². The van der Waals surface area contributed by atoms with Crippen LogP contribution in [-0.4, -0.2) is 47.0 Å². The van der Waals surface area contributed by atoms with E-state index in [0.717, 1.165) is 55.9 Å². The van der Waals surface area contributed by atoms with Gasteiger partial charge in [0, 0.05) is 35.2 Å². The van der Waals surface area contributed by atoms with Crippen molar-refractivity contribution < 1.29 is 9.00 Å². The summed E-state index contributed by atoms with van der Waals surface area (Å²) in [5, 5.41) is 9.89. The fourth-order valence-electron chi connectivity index (χ4n) is 3.55. The van der Waals surface area contributed by atoms with Gasteiger partial charge in [-0.2, -0.15) is 0 Å². The molecule has 0 aromatic heterocycles. The molecule has 6 nitrogen and oxygen atoms in total. The summed E-state index contributed by atoms with van der Waals surface area (Å²) in [6.07, 6.45) is 6.17. The van der Waals surface area contributed by atoms with E-state index >= 15 is 0 Å². The first-order valence-electron chi connectivity index (χ1n) is 10.4. The topological polar surface area (TPSA) is 82.6 Å². The molecule has 2 saturated carbocycles. The Morgan fingerprint density at radius 3 is 2.55 bits per heavy atom. The summed E-state index contributed by atoms with van der Waals surface area (Å²) in [7, 11) is -1.04. The summed E-state index contributed by atoms with van der Waals surface area (Å²) in [5.41, 5.74) is 0. The van der Waals surface area contributed by atoms with E-state index in [9.17, 15) is 9.00 Å². The molecule has 0 heterocycles. The second kappa shape index (κ2) is 12.5. The van der Waals surface area contributed by atoms with Gasteiger partial charge < -0.3 is 16.0 Å². The van der Waals surface area contributed by atoms with Crippen molar-refractivity contribution in [3.63, 3.8) is 0 Å². The van der Waals surface area contributed by atoms with Gasteiger partial charge in [-0.1, -0.05) is 24.6 Å². The highest BCUT2D eigenvalue weighted by molar-refractivity contribution is 14.0. The number of nitrogens with one attached hydrogen (secondary N) is 3. The first-order valence-corrected chi connectivity index (χ1v) is 11.8. The van der Waals surface area contributed by atoms with E-state index in [-0.39, 0.29) is 41.8 Å². The number of aliphatic imine (C=N–C) groups is 1. The molecule has 0 aliphatic heterocycles. The third-order valence-electron chi connectivity index (χ3n) is 5.21. The van der Waals surface area contributed by atoms with Crippen LogP contribution in [0.4, 0.5) is 0 Å². The maximum Gasteiger partial charge on any atom is 0.223 e. The fraction of sp³-hybridized carbons (Fsp3) is 0.619. The van der Waals surface area contributed by atoms with Crippen LogP contribution in [0.1, 0.15) is 45.4 Å². The maximum absolute atomic E-state index is 12.4. The number of rotatable bonds is 8. The molecular weight excluding hydrogens is 499 g/mol. The number of guanidine groups is 1. The largest absolute Gasteiger partial charge is 0.357 e. The number of carbonyl (C=O) groups excluding carboxylic acids is 1. The van der Waals surface area contributed by atoms with Gasteiger partial charge in [0.1, 0.15) is 0 Å². The van der Waals surface area contributed by atoms with Gasteiger partial charge in [-0.15, -0.1) is 24.0 Å². The zero-order valence-electron chi connectivity index (χ0n) is 17.1. The molecule has 0 spiro atoms. The van der Waals surface area contributed by atoms with Crippen LogP contribution in [-0.2, 0) is 15.6 Å². The van der Waals surface area contributed by atoms with Gasteiger partial charge in [0.2, 0.25) is 5.91 Å². The van der Waals surface area contributed by atoms with Gasteiger partial charge in [-0.25, -0.2) is 0 Å². The van der Waals surface area contributed by atoms with Crippen LogP contribution in [0, 0.1) is 5.92 Å². The highest BCUT2D eigenvalue weighted by Crippen LogP contribution is 2.26. The molecule has 8 heteroatoms. The zero-order valence-corrected chi connectivity index (χ0v) is 20.2. The van der Waals surface area contributed by atoms with Gasteiger partial charge in [0.25, 0.3) is 0 Å². The predicted octanol–water partition coefficient (Wildman–Crippen LogP) is 2.80. The Bertz CT molecular complexity index is 697. The lowest BCUT2D eigenvalue weighted by atomic mass is 9.85. The minimum absolute atomic E-state index is 0. The van der Waals surface area contributed by atoms with Gasteiger partial charge >= 0.3 is 0 Å².